The summed E-state index contributed by atoms with van der Waals surface area (Å²) in [5.74, 6) is 2.21. The number of fused-ring (bicyclic) bond motifs is 1. The van der Waals surface area contributed by atoms with Gasteiger partial charge in [-0.05, 0) is 19.1 Å². The summed E-state index contributed by atoms with van der Waals surface area (Å²) >= 11 is 12.1. The highest BCUT2D eigenvalue weighted by Crippen LogP contribution is 2.25. The lowest BCUT2D eigenvalue weighted by molar-refractivity contribution is 0.389. The van der Waals surface area contributed by atoms with Gasteiger partial charge in [0.05, 0.1) is 17.1 Å². The molecule has 0 spiro atoms. The lowest BCUT2D eigenvalue weighted by Gasteiger charge is -2.05. The molecule has 0 radical (unpaired) electrons. The lowest BCUT2D eigenvalue weighted by atomic mass is 10.3. The predicted octanol–water partition coefficient (Wildman–Crippen LogP) is 3.82. The van der Waals surface area contributed by atoms with Crippen LogP contribution in [0.2, 0.25) is 5.02 Å². The summed E-state index contributed by atoms with van der Waals surface area (Å²) in [5, 5.41) is 4.68. The summed E-state index contributed by atoms with van der Waals surface area (Å²) in [6.07, 6.45) is 0.684. The van der Waals surface area contributed by atoms with Crippen LogP contribution in [0, 0.1) is 6.92 Å². The number of benzene rings is 1. The van der Waals surface area contributed by atoms with E-state index in [1.807, 2.05) is 31.2 Å². The monoisotopic (exact) mass is 309 g/mol. The Morgan fingerprint density at radius 1 is 1.35 bits per heavy atom. The first-order valence-corrected chi connectivity index (χ1v) is 7.22. The molecule has 0 bridgehead atoms. The minimum Gasteiger partial charge on any atom is -0.361 e. The summed E-state index contributed by atoms with van der Waals surface area (Å²) in [5.41, 5.74) is 2.64. The van der Waals surface area contributed by atoms with E-state index >= 15 is 0 Å². The van der Waals surface area contributed by atoms with Crippen molar-refractivity contribution in [1.29, 1.82) is 0 Å². The highest BCUT2D eigenvalue weighted by atomic mass is 35.5. The van der Waals surface area contributed by atoms with Crippen LogP contribution in [0.1, 0.15) is 17.3 Å². The zero-order valence-corrected chi connectivity index (χ0v) is 12.4. The van der Waals surface area contributed by atoms with Gasteiger partial charge in [-0.25, -0.2) is 4.98 Å². The lowest BCUT2D eigenvalue weighted by Crippen LogP contribution is -2.06. The molecule has 0 aliphatic rings. The van der Waals surface area contributed by atoms with Crippen LogP contribution >= 0.6 is 23.2 Å². The SMILES string of the molecule is Cc1cc(Cn2c(CCCl)nc3c(Cl)cccc32)no1. The number of nitrogens with zero attached hydrogens (tertiary/aromatic N) is 3. The van der Waals surface area contributed by atoms with E-state index in [0.717, 1.165) is 28.3 Å². The minimum absolute atomic E-state index is 0.513. The second-order valence-electron chi connectivity index (χ2n) is 4.59. The first-order chi connectivity index (χ1) is 9.69. The molecule has 2 heterocycles. The van der Waals surface area contributed by atoms with Crippen molar-refractivity contribution in [2.24, 2.45) is 0 Å². The zero-order valence-electron chi connectivity index (χ0n) is 10.9. The molecule has 0 N–H and O–H groups in total. The molecule has 0 aliphatic heterocycles. The zero-order chi connectivity index (χ0) is 14.1. The van der Waals surface area contributed by atoms with Gasteiger partial charge in [-0.1, -0.05) is 22.8 Å². The van der Waals surface area contributed by atoms with Crippen LogP contribution in [0.5, 0.6) is 0 Å². The van der Waals surface area contributed by atoms with Gasteiger partial charge in [0.2, 0.25) is 0 Å². The number of aryl methyl sites for hydroxylation is 2. The van der Waals surface area contributed by atoms with Crippen molar-refractivity contribution in [3.05, 3.63) is 46.6 Å². The predicted molar refractivity (Wildman–Crippen MR) is 79.5 cm³/mol. The largest absolute Gasteiger partial charge is 0.361 e. The molecule has 0 fully saturated rings. The van der Waals surface area contributed by atoms with Crippen LogP contribution in [0.4, 0.5) is 0 Å². The number of imidazole rings is 1. The Labute approximate surface area is 126 Å². The van der Waals surface area contributed by atoms with E-state index in [1.54, 1.807) is 0 Å². The van der Waals surface area contributed by atoms with Gasteiger partial charge in [0.1, 0.15) is 22.8 Å². The molecule has 0 unspecified atom stereocenters. The van der Waals surface area contributed by atoms with Crippen LogP contribution in [-0.4, -0.2) is 20.6 Å². The molecule has 0 saturated carbocycles. The van der Waals surface area contributed by atoms with Gasteiger partial charge in [0.15, 0.2) is 0 Å². The van der Waals surface area contributed by atoms with E-state index in [-0.39, 0.29) is 0 Å². The summed E-state index contributed by atoms with van der Waals surface area (Å²) in [6, 6.07) is 7.67. The second kappa shape index (κ2) is 5.46. The normalized spacial score (nSPS) is 11.3. The number of para-hydroxylation sites is 1. The van der Waals surface area contributed by atoms with E-state index in [0.29, 0.717) is 23.9 Å². The van der Waals surface area contributed by atoms with E-state index in [4.69, 9.17) is 27.7 Å². The van der Waals surface area contributed by atoms with E-state index < -0.39 is 0 Å². The smallest absolute Gasteiger partial charge is 0.133 e. The van der Waals surface area contributed by atoms with Crippen molar-refractivity contribution < 1.29 is 4.52 Å². The molecule has 3 rings (SSSR count). The van der Waals surface area contributed by atoms with Crippen molar-refractivity contribution in [2.45, 2.75) is 19.9 Å². The quantitative estimate of drug-likeness (QED) is 0.688. The third kappa shape index (κ3) is 2.41. The Morgan fingerprint density at radius 3 is 2.90 bits per heavy atom. The molecular formula is C14H13Cl2N3O. The molecule has 0 saturated heterocycles. The molecule has 0 aliphatic carbocycles. The number of hydrogen-bond acceptors (Lipinski definition) is 3. The maximum atomic E-state index is 6.21. The fourth-order valence-electron chi connectivity index (χ4n) is 2.27. The first-order valence-electron chi connectivity index (χ1n) is 6.31. The van der Waals surface area contributed by atoms with Crippen LogP contribution in [0.15, 0.2) is 28.8 Å². The summed E-state index contributed by atoms with van der Waals surface area (Å²) in [4.78, 5) is 4.59. The van der Waals surface area contributed by atoms with Crippen LogP contribution in [0.25, 0.3) is 11.0 Å². The van der Waals surface area contributed by atoms with Crippen molar-refractivity contribution in [3.63, 3.8) is 0 Å². The van der Waals surface area contributed by atoms with Gasteiger partial charge in [0.25, 0.3) is 0 Å². The number of hydrogen-bond donors (Lipinski definition) is 0. The molecule has 20 heavy (non-hydrogen) atoms. The van der Waals surface area contributed by atoms with Crippen LogP contribution < -0.4 is 0 Å². The topological polar surface area (TPSA) is 43.9 Å². The van der Waals surface area contributed by atoms with Crippen molar-refractivity contribution in [1.82, 2.24) is 14.7 Å². The maximum absolute atomic E-state index is 6.21. The van der Waals surface area contributed by atoms with E-state index in [2.05, 4.69) is 14.7 Å². The third-order valence-corrected chi connectivity index (χ3v) is 3.62. The highest BCUT2D eigenvalue weighted by molar-refractivity contribution is 6.34. The van der Waals surface area contributed by atoms with Crippen molar-refractivity contribution >= 4 is 34.2 Å². The first kappa shape index (κ1) is 13.5. The summed E-state index contributed by atoms with van der Waals surface area (Å²) in [6.45, 7) is 2.47. The van der Waals surface area contributed by atoms with Gasteiger partial charge >= 0.3 is 0 Å². The van der Waals surface area contributed by atoms with E-state index in [9.17, 15) is 0 Å². The van der Waals surface area contributed by atoms with Gasteiger partial charge in [-0.2, -0.15) is 0 Å². The highest BCUT2D eigenvalue weighted by Gasteiger charge is 2.14. The molecule has 0 amide bonds. The molecule has 2 aromatic heterocycles. The van der Waals surface area contributed by atoms with E-state index in [1.165, 1.54) is 0 Å². The molecule has 104 valence electrons. The maximum Gasteiger partial charge on any atom is 0.133 e. The number of alkyl halides is 1. The van der Waals surface area contributed by atoms with Gasteiger partial charge in [-0.15, -0.1) is 11.6 Å². The molecular weight excluding hydrogens is 297 g/mol. The number of aromatic nitrogens is 3. The standard InChI is InChI=1S/C14H13Cl2N3O/c1-9-7-10(18-20-9)8-19-12-4-2-3-11(16)14(12)17-13(19)5-6-15/h2-4,7H,5-6,8H2,1H3. The number of halogens is 2. The van der Waals surface area contributed by atoms with Crippen molar-refractivity contribution in [3.8, 4) is 0 Å². The molecule has 1 aromatic carbocycles. The molecule has 4 nitrogen and oxygen atoms in total. The molecule has 6 heteroatoms. The fraction of sp³-hybridized carbons (Fsp3) is 0.286. The average molecular weight is 310 g/mol. The third-order valence-electron chi connectivity index (χ3n) is 3.12. The Morgan fingerprint density at radius 2 is 2.20 bits per heavy atom. The van der Waals surface area contributed by atoms with Crippen LogP contribution in [0.3, 0.4) is 0 Å². The van der Waals surface area contributed by atoms with Crippen molar-refractivity contribution in [2.75, 3.05) is 5.88 Å². The molecule has 0 atom stereocenters. The second-order valence-corrected chi connectivity index (χ2v) is 5.37. The minimum atomic E-state index is 0.513. The number of rotatable bonds is 4. The Kier molecular flexibility index (Phi) is 3.68. The Bertz CT molecular complexity index is 748. The summed E-state index contributed by atoms with van der Waals surface area (Å²) < 4.78 is 7.20. The summed E-state index contributed by atoms with van der Waals surface area (Å²) in [7, 11) is 0. The van der Waals surface area contributed by atoms with Crippen LogP contribution in [-0.2, 0) is 13.0 Å². The van der Waals surface area contributed by atoms with Gasteiger partial charge in [0, 0.05) is 18.4 Å². The Hall–Kier alpha value is -1.52. The Balaban J connectivity index is 2.11. The van der Waals surface area contributed by atoms with Gasteiger partial charge < -0.3 is 9.09 Å². The average Bonchev–Trinajstić information content (AvgIpc) is 2.97. The van der Waals surface area contributed by atoms with Gasteiger partial charge in [-0.3, -0.25) is 0 Å². The molecule has 3 aromatic rings. The fourth-order valence-corrected chi connectivity index (χ4v) is 2.65.